The van der Waals surface area contributed by atoms with Crippen LogP contribution in [0.2, 0.25) is 5.02 Å². The predicted octanol–water partition coefficient (Wildman–Crippen LogP) is 5.71. The van der Waals surface area contributed by atoms with E-state index in [0.717, 1.165) is 34.7 Å². The Hall–Kier alpha value is -2.44. The van der Waals surface area contributed by atoms with Gasteiger partial charge in [-0.15, -0.1) is 0 Å². The summed E-state index contributed by atoms with van der Waals surface area (Å²) in [5.74, 6) is -0.354. The number of rotatable bonds is 5. The van der Waals surface area contributed by atoms with Crippen molar-refractivity contribution in [3.63, 3.8) is 0 Å². The zero-order valence-corrected chi connectivity index (χ0v) is 17.6. The molecule has 0 aliphatic rings. The van der Waals surface area contributed by atoms with Gasteiger partial charge in [-0.05, 0) is 67.9 Å². The first-order valence-corrected chi connectivity index (χ1v) is 9.81. The lowest BCUT2D eigenvalue weighted by molar-refractivity contribution is 0.622. The average Bonchev–Trinajstić information content (AvgIpc) is 2.92. The van der Waals surface area contributed by atoms with Crippen molar-refractivity contribution in [1.29, 1.82) is 0 Å². The first kappa shape index (κ1) is 20.3. The molecule has 146 valence electrons. The SMILES string of the molecule is CCc1ccc(NC(=S)Nc2c(C)nn(Cc3ccc(F)cc3Cl)c2C)cc1. The second-order valence-electron chi connectivity index (χ2n) is 6.57. The van der Waals surface area contributed by atoms with Gasteiger partial charge in [-0.1, -0.05) is 36.7 Å². The second kappa shape index (κ2) is 8.71. The fraction of sp³-hybridized carbons (Fsp3) is 0.238. The molecule has 2 aromatic carbocycles. The Kier molecular flexibility index (Phi) is 6.31. The summed E-state index contributed by atoms with van der Waals surface area (Å²) in [6.45, 7) is 6.44. The van der Waals surface area contributed by atoms with E-state index in [9.17, 15) is 4.39 Å². The molecule has 0 spiro atoms. The van der Waals surface area contributed by atoms with Crippen LogP contribution in [0.15, 0.2) is 42.5 Å². The van der Waals surface area contributed by atoms with Crippen LogP contribution in [0.4, 0.5) is 15.8 Å². The lowest BCUT2D eigenvalue weighted by Gasteiger charge is -2.12. The van der Waals surface area contributed by atoms with Gasteiger partial charge < -0.3 is 10.6 Å². The van der Waals surface area contributed by atoms with Gasteiger partial charge in [0.1, 0.15) is 5.82 Å². The second-order valence-corrected chi connectivity index (χ2v) is 7.38. The van der Waals surface area contributed by atoms with Crippen LogP contribution < -0.4 is 10.6 Å². The monoisotopic (exact) mass is 416 g/mol. The van der Waals surface area contributed by atoms with Crippen molar-refractivity contribution >= 4 is 40.3 Å². The summed E-state index contributed by atoms with van der Waals surface area (Å²) in [7, 11) is 0. The smallest absolute Gasteiger partial charge is 0.175 e. The number of halogens is 2. The van der Waals surface area contributed by atoms with Gasteiger partial charge in [0, 0.05) is 10.7 Å². The van der Waals surface area contributed by atoms with Gasteiger partial charge in [0.05, 0.1) is 23.6 Å². The quantitative estimate of drug-likeness (QED) is 0.522. The third-order valence-corrected chi connectivity index (χ3v) is 5.13. The Labute approximate surface area is 174 Å². The lowest BCUT2D eigenvalue weighted by Crippen LogP contribution is -2.20. The molecule has 0 atom stereocenters. The largest absolute Gasteiger partial charge is 0.332 e. The maximum Gasteiger partial charge on any atom is 0.175 e. The van der Waals surface area contributed by atoms with Crippen molar-refractivity contribution in [2.75, 3.05) is 10.6 Å². The van der Waals surface area contributed by atoms with Gasteiger partial charge >= 0.3 is 0 Å². The number of hydrogen-bond donors (Lipinski definition) is 2. The number of nitrogens with one attached hydrogen (secondary N) is 2. The van der Waals surface area contributed by atoms with Gasteiger partial charge in [0.2, 0.25) is 0 Å². The molecule has 3 aromatic rings. The summed E-state index contributed by atoms with van der Waals surface area (Å²) in [6, 6.07) is 12.5. The summed E-state index contributed by atoms with van der Waals surface area (Å²) in [4.78, 5) is 0. The maximum absolute atomic E-state index is 13.3. The topological polar surface area (TPSA) is 41.9 Å². The van der Waals surface area contributed by atoms with E-state index >= 15 is 0 Å². The maximum atomic E-state index is 13.3. The molecular formula is C21H22ClFN4S. The molecule has 0 unspecified atom stereocenters. The van der Waals surface area contributed by atoms with Crippen LogP contribution in [0, 0.1) is 19.7 Å². The van der Waals surface area contributed by atoms with E-state index in [4.69, 9.17) is 23.8 Å². The molecule has 0 fully saturated rings. The van der Waals surface area contributed by atoms with E-state index in [1.165, 1.54) is 17.7 Å². The van der Waals surface area contributed by atoms with E-state index < -0.39 is 0 Å². The highest BCUT2D eigenvalue weighted by atomic mass is 35.5. The zero-order chi connectivity index (χ0) is 20.3. The molecular weight excluding hydrogens is 395 g/mol. The van der Waals surface area contributed by atoms with E-state index in [-0.39, 0.29) is 5.82 Å². The highest BCUT2D eigenvalue weighted by Gasteiger charge is 2.14. The van der Waals surface area contributed by atoms with Gasteiger partial charge in [-0.25, -0.2) is 4.39 Å². The van der Waals surface area contributed by atoms with Crippen LogP contribution in [0.5, 0.6) is 0 Å². The predicted molar refractivity (Wildman–Crippen MR) is 118 cm³/mol. The number of aryl methyl sites for hydroxylation is 2. The first-order chi connectivity index (χ1) is 13.4. The molecule has 0 amide bonds. The van der Waals surface area contributed by atoms with Gasteiger partial charge in [-0.2, -0.15) is 5.10 Å². The number of hydrogen-bond acceptors (Lipinski definition) is 2. The van der Waals surface area contributed by atoms with Crippen LogP contribution in [0.3, 0.4) is 0 Å². The van der Waals surface area contributed by atoms with Crippen LogP contribution in [-0.4, -0.2) is 14.9 Å². The minimum absolute atomic E-state index is 0.354. The fourth-order valence-electron chi connectivity index (χ4n) is 2.94. The standard InChI is InChI=1S/C21H22ClFN4S/c1-4-15-5-9-18(10-6-15)24-21(28)25-20-13(2)26-27(14(20)3)12-16-7-8-17(23)11-19(16)22/h5-11H,4,12H2,1-3H3,(H2,24,25,28). The fourth-order valence-corrected chi connectivity index (χ4v) is 3.39. The molecule has 0 aliphatic carbocycles. The molecule has 2 N–H and O–H groups in total. The molecule has 7 heteroatoms. The Bertz CT molecular complexity index is 998. The number of benzene rings is 2. The van der Waals surface area contributed by atoms with Gasteiger partial charge in [0.25, 0.3) is 0 Å². The highest BCUT2D eigenvalue weighted by molar-refractivity contribution is 7.80. The summed E-state index contributed by atoms with van der Waals surface area (Å²) in [5.41, 5.74) is 5.59. The number of nitrogens with zero attached hydrogens (tertiary/aromatic N) is 2. The summed E-state index contributed by atoms with van der Waals surface area (Å²) < 4.78 is 15.1. The molecule has 0 saturated carbocycles. The van der Waals surface area contributed by atoms with Crippen molar-refractivity contribution in [3.05, 3.63) is 75.8 Å². The Balaban J connectivity index is 1.72. The van der Waals surface area contributed by atoms with Crippen LogP contribution in [-0.2, 0) is 13.0 Å². The minimum Gasteiger partial charge on any atom is -0.332 e. The number of thiocarbonyl (C=S) groups is 1. The van der Waals surface area contributed by atoms with E-state index in [2.05, 4.69) is 34.8 Å². The third-order valence-electron chi connectivity index (χ3n) is 4.58. The normalized spacial score (nSPS) is 10.8. The Morgan fingerprint density at radius 2 is 1.86 bits per heavy atom. The highest BCUT2D eigenvalue weighted by Crippen LogP contribution is 2.24. The average molecular weight is 417 g/mol. The molecule has 3 rings (SSSR count). The number of anilines is 2. The molecule has 1 heterocycles. The van der Waals surface area contributed by atoms with Crippen LogP contribution in [0.1, 0.15) is 29.4 Å². The molecule has 0 saturated heterocycles. The Morgan fingerprint density at radius 1 is 1.14 bits per heavy atom. The van der Waals surface area contributed by atoms with Gasteiger partial charge in [0.15, 0.2) is 5.11 Å². The molecule has 1 aromatic heterocycles. The lowest BCUT2D eigenvalue weighted by atomic mass is 10.1. The molecule has 4 nitrogen and oxygen atoms in total. The van der Waals surface area contributed by atoms with Crippen molar-refractivity contribution in [2.45, 2.75) is 33.7 Å². The minimum atomic E-state index is -0.354. The summed E-state index contributed by atoms with van der Waals surface area (Å²) in [6.07, 6.45) is 0.999. The van der Waals surface area contributed by atoms with Crippen molar-refractivity contribution in [2.24, 2.45) is 0 Å². The molecule has 28 heavy (non-hydrogen) atoms. The van der Waals surface area contributed by atoms with Gasteiger partial charge in [-0.3, -0.25) is 4.68 Å². The van der Waals surface area contributed by atoms with Crippen molar-refractivity contribution in [3.8, 4) is 0 Å². The van der Waals surface area contributed by atoms with Crippen LogP contribution >= 0.6 is 23.8 Å². The number of aromatic nitrogens is 2. The third kappa shape index (κ3) is 4.69. The van der Waals surface area contributed by atoms with E-state index in [1.807, 2.05) is 30.7 Å². The van der Waals surface area contributed by atoms with Crippen molar-refractivity contribution in [1.82, 2.24) is 9.78 Å². The summed E-state index contributed by atoms with van der Waals surface area (Å²) in [5, 5.41) is 11.9. The molecule has 0 radical (unpaired) electrons. The zero-order valence-electron chi connectivity index (χ0n) is 16.0. The van der Waals surface area contributed by atoms with E-state index in [0.29, 0.717) is 16.7 Å². The summed E-state index contributed by atoms with van der Waals surface area (Å²) >= 11 is 11.6. The molecule has 0 aliphatic heterocycles. The first-order valence-electron chi connectivity index (χ1n) is 9.02. The van der Waals surface area contributed by atoms with Crippen molar-refractivity contribution < 1.29 is 4.39 Å². The van der Waals surface area contributed by atoms with E-state index in [1.54, 1.807) is 6.07 Å². The molecule has 0 bridgehead atoms. The Morgan fingerprint density at radius 3 is 2.50 bits per heavy atom. The van der Waals surface area contributed by atoms with Crippen LogP contribution in [0.25, 0.3) is 0 Å².